The Morgan fingerprint density at radius 2 is 1.81 bits per heavy atom. The summed E-state index contributed by atoms with van der Waals surface area (Å²) in [7, 11) is 2.38. The Bertz CT molecular complexity index is 1550. The first-order valence-corrected chi connectivity index (χ1v) is 13.4. The van der Waals surface area contributed by atoms with Crippen LogP contribution in [0.5, 0.6) is 11.5 Å². The fourth-order valence-corrected chi connectivity index (χ4v) is 4.99. The summed E-state index contributed by atoms with van der Waals surface area (Å²) in [5.41, 5.74) is 0.506. The molecule has 2 aromatic carbocycles. The molecule has 1 saturated heterocycles. The number of aromatic nitrogens is 3. The van der Waals surface area contributed by atoms with Gasteiger partial charge in [-0.25, -0.2) is 14.3 Å². The second kappa shape index (κ2) is 12.9. The molecule has 42 heavy (non-hydrogen) atoms. The number of rotatable bonds is 10. The van der Waals surface area contributed by atoms with Crippen LogP contribution in [0.25, 0.3) is 0 Å². The maximum Gasteiger partial charge on any atom is 0.361 e. The highest BCUT2D eigenvalue weighted by atomic mass is 35.5. The average molecular weight is 594 g/mol. The van der Waals surface area contributed by atoms with Crippen molar-refractivity contribution in [2.24, 2.45) is 0 Å². The van der Waals surface area contributed by atoms with Gasteiger partial charge in [-0.3, -0.25) is 9.69 Å². The van der Waals surface area contributed by atoms with Gasteiger partial charge in [0.25, 0.3) is 0 Å². The van der Waals surface area contributed by atoms with Gasteiger partial charge in [-0.1, -0.05) is 28.9 Å². The van der Waals surface area contributed by atoms with E-state index in [9.17, 15) is 14.4 Å². The van der Waals surface area contributed by atoms with E-state index in [4.69, 9.17) is 30.2 Å². The lowest BCUT2D eigenvalue weighted by molar-refractivity contribution is -0.125. The first kappa shape index (κ1) is 28.8. The Balaban J connectivity index is 1.40. The smallest absolute Gasteiger partial charge is 0.361 e. The lowest BCUT2D eigenvalue weighted by atomic mass is 10.1. The normalized spacial score (nSPS) is 16.6. The molecule has 0 unspecified atom stereocenters. The van der Waals surface area contributed by atoms with Gasteiger partial charge in [-0.05, 0) is 60.5 Å². The van der Waals surface area contributed by atoms with Crippen molar-refractivity contribution in [2.45, 2.75) is 31.6 Å². The molecule has 1 aliphatic rings. The van der Waals surface area contributed by atoms with Crippen molar-refractivity contribution < 1.29 is 33.0 Å². The van der Waals surface area contributed by atoms with Gasteiger partial charge < -0.3 is 23.9 Å². The largest absolute Gasteiger partial charge is 0.467 e. The molecule has 1 fully saturated rings. The zero-order chi connectivity index (χ0) is 29.6. The van der Waals surface area contributed by atoms with E-state index in [1.165, 1.54) is 25.2 Å². The minimum Gasteiger partial charge on any atom is -0.467 e. The fraction of sp³-hybridized carbons (Fsp3) is 0.276. The van der Waals surface area contributed by atoms with Crippen LogP contribution in [0.15, 0.2) is 71.3 Å². The van der Waals surface area contributed by atoms with Gasteiger partial charge in [0.15, 0.2) is 5.69 Å². The van der Waals surface area contributed by atoms with Crippen LogP contribution in [0.3, 0.4) is 0 Å². The number of ether oxygens (including phenoxy) is 3. The van der Waals surface area contributed by atoms with Gasteiger partial charge in [0.2, 0.25) is 11.6 Å². The average Bonchev–Trinajstić information content (AvgIpc) is 3.77. The first-order chi connectivity index (χ1) is 20.4. The zero-order valence-electron chi connectivity index (χ0n) is 22.9. The minimum absolute atomic E-state index is 0.135. The van der Waals surface area contributed by atoms with E-state index in [1.54, 1.807) is 36.4 Å². The molecule has 1 aliphatic heterocycles. The van der Waals surface area contributed by atoms with Crippen LogP contribution in [-0.2, 0) is 27.4 Å². The molecule has 3 heterocycles. The zero-order valence-corrected chi connectivity index (χ0v) is 23.6. The molecule has 218 valence electrons. The highest BCUT2D eigenvalue weighted by Gasteiger charge is 2.41. The van der Waals surface area contributed by atoms with Crippen molar-refractivity contribution in [2.75, 3.05) is 20.8 Å². The molecule has 1 amide bonds. The molecule has 12 nitrogen and oxygen atoms in total. The molecule has 0 saturated carbocycles. The third-order valence-electron chi connectivity index (χ3n) is 6.83. The van der Waals surface area contributed by atoms with Crippen LogP contribution < -0.4 is 10.1 Å². The number of halogens is 1. The van der Waals surface area contributed by atoms with Crippen LogP contribution in [0.4, 0.5) is 0 Å². The number of amides is 1. The second-order valence-corrected chi connectivity index (χ2v) is 9.99. The fourth-order valence-electron chi connectivity index (χ4n) is 4.86. The summed E-state index contributed by atoms with van der Waals surface area (Å²) in [4.78, 5) is 40.4. The predicted octanol–water partition coefficient (Wildman–Crippen LogP) is 4.02. The Kier molecular flexibility index (Phi) is 8.84. The summed E-state index contributed by atoms with van der Waals surface area (Å²) < 4.78 is 22.4. The van der Waals surface area contributed by atoms with Crippen LogP contribution in [0, 0.1) is 0 Å². The van der Waals surface area contributed by atoms with Crippen LogP contribution in [-0.4, -0.2) is 64.5 Å². The molecule has 0 spiro atoms. The van der Waals surface area contributed by atoms with Crippen LogP contribution in [0.1, 0.15) is 44.8 Å². The quantitative estimate of drug-likeness (QED) is 0.268. The summed E-state index contributed by atoms with van der Waals surface area (Å²) in [6.07, 6.45) is 1.83. The molecule has 0 bridgehead atoms. The highest BCUT2D eigenvalue weighted by molar-refractivity contribution is 6.30. The van der Waals surface area contributed by atoms with E-state index in [1.807, 2.05) is 29.2 Å². The van der Waals surface area contributed by atoms with E-state index in [0.717, 1.165) is 5.56 Å². The number of likely N-dealkylation sites (tertiary alicyclic amines) is 1. The third-order valence-corrected chi connectivity index (χ3v) is 7.08. The molecular formula is C29H28ClN5O7. The number of benzene rings is 2. The number of carbonyl (C=O) groups excluding carboxylic acids is 3. The summed E-state index contributed by atoms with van der Waals surface area (Å²) in [6.45, 7) is 0.933. The third kappa shape index (κ3) is 6.45. The molecule has 0 aliphatic carbocycles. The van der Waals surface area contributed by atoms with Gasteiger partial charge in [0, 0.05) is 18.1 Å². The number of nitrogens with one attached hydrogen (secondary N) is 1. The minimum atomic E-state index is -0.818. The SMILES string of the molecule is COC(=O)c1nnn([C@H]2C[C@@H](C(=O)NCc3ccco3)N(Cc3cccc(Oc4ccc(Cl)cc4)c3)C2)c1C(=O)OC. The number of furan rings is 1. The van der Waals surface area contributed by atoms with Crippen molar-refractivity contribution in [3.63, 3.8) is 0 Å². The monoisotopic (exact) mass is 593 g/mol. The summed E-state index contributed by atoms with van der Waals surface area (Å²) >= 11 is 5.98. The summed E-state index contributed by atoms with van der Waals surface area (Å²) in [5, 5.41) is 11.5. The van der Waals surface area contributed by atoms with E-state index < -0.39 is 24.0 Å². The standard InChI is InChI=1S/C29H28ClN5O7/c1-39-28(37)25-26(29(38)40-2)35(33-32-25)20-14-24(27(36)31-15-23-7-4-12-41-23)34(17-20)16-18-5-3-6-22(13-18)42-21-10-8-19(30)9-11-21/h3-13,20,24H,14-17H2,1-2H3,(H,31,36)/t20-,24-/m0/s1. The van der Waals surface area contributed by atoms with E-state index >= 15 is 0 Å². The lowest BCUT2D eigenvalue weighted by Crippen LogP contribution is -2.42. The molecule has 5 rings (SSSR count). The van der Waals surface area contributed by atoms with Gasteiger partial charge in [0.1, 0.15) is 17.3 Å². The number of nitrogens with zero attached hydrogens (tertiary/aromatic N) is 4. The molecule has 13 heteroatoms. The van der Waals surface area contributed by atoms with E-state index in [2.05, 4.69) is 15.6 Å². The predicted molar refractivity (Wildman–Crippen MR) is 149 cm³/mol. The van der Waals surface area contributed by atoms with E-state index in [-0.39, 0.29) is 23.8 Å². The van der Waals surface area contributed by atoms with Gasteiger partial charge in [0.05, 0.1) is 39.1 Å². The topological polar surface area (TPSA) is 138 Å². The lowest BCUT2D eigenvalue weighted by Gasteiger charge is -2.23. The summed E-state index contributed by atoms with van der Waals surface area (Å²) in [5.74, 6) is 0.0394. The van der Waals surface area contributed by atoms with Crippen molar-refractivity contribution in [3.05, 3.63) is 94.7 Å². The maximum absolute atomic E-state index is 13.4. The number of methoxy groups -OCH3 is 2. The Hall–Kier alpha value is -4.68. The van der Waals surface area contributed by atoms with Crippen molar-refractivity contribution in [1.82, 2.24) is 25.2 Å². The molecule has 4 aromatic rings. The van der Waals surface area contributed by atoms with Gasteiger partial charge in [-0.15, -0.1) is 5.10 Å². The van der Waals surface area contributed by atoms with Crippen LogP contribution >= 0.6 is 11.6 Å². The molecular weight excluding hydrogens is 566 g/mol. The van der Waals surface area contributed by atoms with Crippen molar-refractivity contribution in [3.8, 4) is 11.5 Å². The Labute approximate surface area is 246 Å². The Morgan fingerprint density at radius 1 is 1.02 bits per heavy atom. The molecule has 2 atom stereocenters. The second-order valence-electron chi connectivity index (χ2n) is 9.55. The number of esters is 2. The van der Waals surface area contributed by atoms with Crippen LogP contribution in [0.2, 0.25) is 5.02 Å². The molecule has 1 N–H and O–H groups in total. The first-order valence-electron chi connectivity index (χ1n) is 13.0. The van der Waals surface area contributed by atoms with Gasteiger partial charge >= 0.3 is 11.9 Å². The van der Waals surface area contributed by atoms with Crippen molar-refractivity contribution in [1.29, 1.82) is 0 Å². The molecule has 2 aromatic heterocycles. The van der Waals surface area contributed by atoms with Gasteiger partial charge in [-0.2, -0.15) is 0 Å². The maximum atomic E-state index is 13.4. The Morgan fingerprint density at radius 3 is 2.52 bits per heavy atom. The number of carbonyl (C=O) groups is 3. The number of hydrogen-bond acceptors (Lipinski definition) is 10. The van der Waals surface area contributed by atoms with E-state index in [0.29, 0.717) is 41.8 Å². The number of hydrogen-bond donors (Lipinski definition) is 1. The highest BCUT2D eigenvalue weighted by Crippen LogP contribution is 2.32. The molecule has 0 radical (unpaired) electrons. The summed E-state index contributed by atoms with van der Waals surface area (Å²) in [6, 6.07) is 17.0. The van der Waals surface area contributed by atoms with Crippen molar-refractivity contribution >= 4 is 29.4 Å².